The van der Waals surface area contributed by atoms with Crippen molar-refractivity contribution in [2.75, 3.05) is 10.7 Å². The second kappa shape index (κ2) is 9.21. The maximum Gasteiger partial charge on any atom is 0.162 e. The minimum atomic E-state index is -0.436. The molecule has 0 fully saturated rings. The number of anilines is 1. The highest BCUT2D eigenvalue weighted by atomic mass is 35.5. The molecule has 1 atom stereocenters. The number of nitrogens with zero attached hydrogens (tertiary/aromatic N) is 2. The molecule has 1 aliphatic carbocycles. The van der Waals surface area contributed by atoms with E-state index in [2.05, 4.69) is 39.8 Å². The predicted octanol–water partition coefficient (Wildman–Crippen LogP) is 7.02. The van der Waals surface area contributed by atoms with Crippen molar-refractivity contribution >= 4 is 46.2 Å². The normalized spacial score (nSPS) is 20.2. The molecule has 2 N–H and O–H groups in total. The van der Waals surface area contributed by atoms with Gasteiger partial charge < -0.3 is 5.73 Å². The van der Waals surface area contributed by atoms with Crippen molar-refractivity contribution in [2.45, 2.75) is 57.1 Å². The molecule has 2 heterocycles. The lowest BCUT2D eigenvalue weighted by Crippen LogP contribution is -2.42. The molecule has 0 saturated heterocycles. The Morgan fingerprint density at radius 3 is 2.70 bits per heavy atom. The number of nitrogens with two attached hydrogens (primary N) is 1. The molecule has 0 unspecified atom stereocenters. The third-order valence-electron chi connectivity index (χ3n) is 6.16. The fraction of sp³-hybridized carbons (Fsp3) is 0.385. The van der Waals surface area contributed by atoms with Crippen molar-refractivity contribution in [1.82, 2.24) is 0 Å². The number of Topliss-reactive ketones (excluding diaryl/α,β-unsaturated/α-hetero) is 1. The Morgan fingerprint density at radius 2 is 2.06 bits per heavy atom. The van der Waals surface area contributed by atoms with E-state index in [0.717, 1.165) is 29.1 Å². The molecule has 2 aromatic rings. The molecule has 0 radical (unpaired) electrons. The van der Waals surface area contributed by atoms with Crippen LogP contribution >= 0.6 is 34.7 Å². The molecule has 0 bridgehead atoms. The molecule has 0 amide bonds. The summed E-state index contributed by atoms with van der Waals surface area (Å²) >= 11 is 9.83. The zero-order chi connectivity index (χ0) is 23.9. The maximum absolute atomic E-state index is 13.7. The molecule has 1 aliphatic heterocycles. The lowest BCUT2D eigenvalue weighted by atomic mass is 9.69. The zero-order valence-electron chi connectivity index (χ0n) is 19.4. The fourth-order valence-electron chi connectivity index (χ4n) is 4.79. The van der Waals surface area contributed by atoms with Crippen molar-refractivity contribution in [1.29, 1.82) is 5.26 Å². The third kappa shape index (κ3) is 4.35. The summed E-state index contributed by atoms with van der Waals surface area (Å²) in [6, 6.07) is 12.0. The van der Waals surface area contributed by atoms with Gasteiger partial charge in [0, 0.05) is 33.3 Å². The minimum Gasteiger partial charge on any atom is -0.384 e. The Kier molecular flexibility index (Phi) is 6.68. The maximum atomic E-state index is 13.7. The number of thioether (sulfide) groups is 1. The van der Waals surface area contributed by atoms with E-state index in [-0.39, 0.29) is 11.2 Å². The summed E-state index contributed by atoms with van der Waals surface area (Å²) in [5.74, 6) is 0.960. The monoisotopic (exact) mass is 497 g/mol. The number of hydrogen-bond acceptors (Lipinski definition) is 6. The van der Waals surface area contributed by atoms with Gasteiger partial charge in [0.05, 0.1) is 21.8 Å². The first-order chi connectivity index (χ1) is 15.7. The van der Waals surface area contributed by atoms with Crippen LogP contribution in [0, 0.1) is 16.7 Å². The number of aryl methyl sites for hydroxylation is 1. The van der Waals surface area contributed by atoms with Gasteiger partial charge >= 0.3 is 0 Å². The second-order valence-corrected chi connectivity index (χ2v) is 12.3. The molecule has 7 heteroatoms. The largest absolute Gasteiger partial charge is 0.384 e. The van der Waals surface area contributed by atoms with Crippen LogP contribution in [0.2, 0.25) is 5.02 Å². The van der Waals surface area contributed by atoms with Crippen molar-refractivity contribution in [3.8, 4) is 6.07 Å². The van der Waals surface area contributed by atoms with Crippen LogP contribution in [0.1, 0.15) is 56.9 Å². The number of nitriles is 1. The summed E-state index contributed by atoms with van der Waals surface area (Å²) in [6.45, 7) is 8.47. The topological polar surface area (TPSA) is 70.1 Å². The molecule has 4 nitrogen and oxygen atoms in total. The summed E-state index contributed by atoms with van der Waals surface area (Å²) in [6.07, 6.45) is 2.06. The number of hydrogen-bond donors (Lipinski definition) is 1. The van der Waals surface area contributed by atoms with Crippen molar-refractivity contribution in [3.63, 3.8) is 0 Å². The lowest BCUT2D eigenvalue weighted by Gasteiger charge is -2.43. The number of benzene rings is 1. The van der Waals surface area contributed by atoms with E-state index in [1.807, 2.05) is 23.1 Å². The van der Waals surface area contributed by atoms with E-state index in [1.165, 1.54) is 9.09 Å². The van der Waals surface area contributed by atoms with Gasteiger partial charge in [0.2, 0.25) is 0 Å². The second-order valence-electron chi connectivity index (χ2n) is 9.20. The van der Waals surface area contributed by atoms with Crippen molar-refractivity contribution in [3.05, 3.63) is 68.5 Å². The highest BCUT2D eigenvalue weighted by Crippen LogP contribution is 2.52. The Labute approximate surface area is 209 Å². The van der Waals surface area contributed by atoms with Gasteiger partial charge in [0.1, 0.15) is 5.82 Å². The van der Waals surface area contributed by atoms with Crippen molar-refractivity contribution < 1.29 is 4.79 Å². The number of ketones is 1. The number of carbonyl (C=O) groups excluding carboxylic acids is 1. The molecule has 0 spiro atoms. The van der Waals surface area contributed by atoms with Crippen LogP contribution < -0.4 is 10.6 Å². The first kappa shape index (κ1) is 23.9. The van der Waals surface area contributed by atoms with Gasteiger partial charge in [-0.1, -0.05) is 45.4 Å². The molecule has 1 aromatic carbocycles. The lowest BCUT2D eigenvalue weighted by molar-refractivity contribution is -0.118. The van der Waals surface area contributed by atoms with E-state index in [1.54, 1.807) is 29.2 Å². The van der Waals surface area contributed by atoms with Crippen LogP contribution in [-0.4, -0.2) is 11.5 Å². The number of halogens is 1. The SMILES string of the molecule is CCSc1sc(CC)cc1[C@@H]1C(C#N)=C(N)N(c2cccc(Cl)c2)C2=C1C(=O)CC(C)(C)C2. The van der Waals surface area contributed by atoms with E-state index >= 15 is 0 Å². The summed E-state index contributed by atoms with van der Waals surface area (Å²) in [5, 5.41) is 10.9. The average Bonchev–Trinajstić information content (AvgIpc) is 3.15. The van der Waals surface area contributed by atoms with Crippen LogP contribution in [-0.2, 0) is 11.2 Å². The van der Waals surface area contributed by atoms with Gasteiger partial charge in [-0.3, -0.25) is 9.69 Å². The summed E-state index contributed by atoms with van der Waals surface area (Å²) in [5.41, 5.74) is 10.4. The quantitative estimate of drug-likeness (QED) is 0.449. The molecular weight excluding hydrogens is 470 g/mol. The standard InChI is InChI=1S/C26H28ClN3OS2/c1-5-17-11-18(25(33-17)32-6-2)22-19(14-28)24(29)30(16-9-7-8-15(27)10-16)20-12-26(3,4)13-21(31)23(20)22/h7-11,22H,5-6,12-13,29H2,1-4H3/t22-/m1/s1. The Balaban J connectivity index is 2.01. The van der Waals surface area contributed by atoms with Crippen LogP contribution in [0.5, 0.6) is 0 Å². The van der Waals surface area contributed by atoms with Gasteiger partial charge in [0.25, 0.3) is 0 Å². The van der Waals surface area contributed by atoms with Gasteiger partial charge in [0.15, 0.2) is 5.78 Å². The van der Waals surface area contributed by atoms with E-state index in [9.17, 15) is 10.1 Å². The van der Waals surface area contributed by atoms with E-state index in [0.29, 0.717) is 34.8 Å². The summed E-state index contributed by atoms with van der Waals surface area (Å²) in [7, 11) is 0. The first-order valence-electron chi connectivity index (χ1n) is 11.2. The van der Waals surface area contributed by atoms with Crippen LogP contribution in [0.4, 0.5) is 5.69 Å². The van der Waals surface area contributed by atoms with Gasteiger partial charge in [-0.05, 0) is 53.8 Å². The van der Waals surface area contributed by atoms with Crippen LogP contribution in [0.25, 0.3) is 0 Å². The smallest absolute Gasteiger partial charge is 0.162 e. The number of thiophene rings is 1. The molecule has 172 valence electrons. The highest BCUT2D eigenvalue weighted by molar-refractivity contribution is 8.01. The highest BCUT2D eigenvalue weighted by Gasteiger charge is 2.45. The molecule has 2 aliphatic rings. The van der Waals surface area contributed by atoms with E-state index in [4.69, 9.17) is 17.3 Å². The minimum absolute atomic E-state index is 0.0928. The van der Waals surface area contributed by atoms with E-state index < -0.39 is 5.92 Å². The summed E-state index contributed by atoms with van der Waals surface area (Å²) in [4.78, 5) is 16.8. The van der Waals surface area contributed by atoms with Gasteiger partial charge in [-0.2, -0.15) is 5.26 Å². The molecule has 33 heavy (non-hydrogen) atoms. The first-order valence-corrected chi connectivity index (χ1v) is 13.4. The molecule has 4 rings (SSSR count). The molecular formula is C26H28ClN3OS2. The van der Waals surface area contributed by atoms with Crippen LogP contribution in [0.15, 0.2) is 57.2 Å². The van der Waals surface area contributed by atoms with Gasteiger partial charge in [-0.15, -0.1) is 23.1 Å². The molecule has 0 saturated carbocycles. The zero-order valence-corrected chi connectivity index (χ0v) is 21.8. The van der Waals surface area contributed by atoms with Crippen LogP contribution in [0.3, 0.4) is 0 Å². The third-order valence-corrected chi connectivity index (χ3v) is 8.87. The van der Waals surface area contributed by atoms with Crippen molar-refractivity contribution in [2.24, 2.45) is 11.1 Å². The fourth-order valence-corrected chi connectivity index (χ4v) is 7.35. The Hall–Kier alpha value is -2.20. The number of carbonyl (C=O) groups is 1. The predicted molar refractivity (Wildman–Crippen MR) is 139 cm³/mol. The van der Waals surface area contributed by atoms with Gasteiger partial charge in [-0.25, -0.2) is 0 Å². The number of allylic oxidation sites excluding steroid dienone is 3. The molecule has 1 aromatic heterocycles. The average molecular weight is 498 g/mol. The number of rotatable bonds is 5. The summed E-state index contributed by atoms with van der Waals surface area (Å²) < 4.78 is 1.17. The Morgan fingerprint density at radius 1 is 1.30 bits per heavy atom. The Bertz CT molecular complexity index is 1220.